The summed E-state index contributed by atoms with van der Waals surface area (Å²) in [7, 11) is 0. The van der Waals surface area contributed by atoms with Gasteiger partial charge in [-0.05, 0) is 38.3 Å². The lowest BCUT2D eigenvalue weighted by Crippen LogP contribution is -2.45. The highest BCUT2D eigenvalue weighted by Crippen LogP contribution is 2.10. The molecule has 1 atom stereocenters. The first-order valence-electron chi connectivity index (χ1n) is 7.17. The number of amides is 1. The van der Waals surface area contributed by atoms with Crippen molar-refractivity contribution in [3.05, 3.63) is 35.4 Å². The van der Waals surface area contributed by atoms with E-state index in [2.05, 4.69) is 10.2 Å². The van der Waals surface area contributed by atoms with E-state index in [0.717, 1.165) is 12.0 Å². The van der Waals surface area contributed by atoms with Crippen LogP contribution in [0.25, 0.3) is 0 Å². The van der Waals surface area contributed by atoms with Gasteiger partial charge in [0.05, 0.1) is 0 Å². The quantitative estimate of drug-likeness (QED) is 0.645. The van der Waals surface area contributed by atoms with Crippen LogP contribution in [0.3, 0.4) is 0 Å². The van der Waals surface area contributed by atoms with Crippen LogP contribution < -0.4 is 5.32 Å². The van der Waals surface area contributed by atoms with Crippen LogP contribution in [0.5, 0.6) is 0 Å². The van der Waals surface area contributed by atoms with Crippen molar-refractivity contribution in [1.29, 1.82) is 0 Å². The van der Waals surface area contributed by atoms with Gasteiger partial charge < -0.3 is 10.1 Å². The molecular weight excluding hydrogens is 286 g/mol. The van der Waals surface area contributed by atoms with Crippen molar-refractivity contribution in [2.24, 2.45) is 0 Å². The Labute approximate surface area is 130 Å². The van der Waals surface area contributed by atoms with Crippen LogP contribution in [0.4, 0.5) is 4.79 Å². The van der Waals surface area contributed by atoms with Gasteiger partial charge in [-0.1, -0.05) is 31.2 Å². The van der Waals surface area contributed by atoms with Gasteiger partial charge in [-0.3, -0.25) is 4.89 Å². The zero-order chi connectivity index (χ0) is 16.8. The van der Waals surface area contributed by atoms with Crippen molar-refractivity contribution >= 4 is 12.1 Å². The zero-order valence-electron chi connectivity index (χ0n) is 13.4. The summed E-state index contributed by atoms with van der Waals surface area (Å²) in [6.45, 7) is 7.20. The number of carbonyl (C=O) groups excluding carboxylic acids is 2. The van der Waals surface area contributed by atoms with Crippen LogP contribution in [0.2, 0.25) is 0 Å². The third-order valence-electron chi connectivity index (χ3n) is 2.94. The molecule has 1 aromatic rings. The maximum absolute atomic E-state index is 11.8. The molecular formula is C16H23NO5. The van der Waals surface area contributed by atoms with Crippen LogP contribution in [-0.4, -0.2) is 29.0 Å². The fraction of sp³-hybridized carbons (Fsp3) is 0.500. The highest BCUT2D eigenvalue weighted by Gasteiger charge is 2.26. The van der Waals surface area contributed by atoms with Crippen LogP contribution in [0, 0.1) is 0 Å². The Morgan fingerprint density at radius 1 is 1.18 bits per heavy atom. The fourth-order valence-electron chi connectivity index (χ4n) is 1.85. The van der Waals surface area contributed by atoms with Crippen molar-refractivity contribution in [2.45, 2.75) is 52.2 Å². The van der Waals surface area contributed by atoms with Crippen molar-refractivity contribution in [2.75, 3.05) is 0 Å². The Morgan fingerprint density at radius 3 is 2.18 bits per heavy atom. The lowest BCUT2D eigenvalue weighted by Gasteiger charge is -2.22. The third-order valence-corrected chi connectivity index (χ3v) is 2.94. The minimum absolute atomic E-state index is 0.197. The van der Waals surface area contributed by atoms with Crippen LogP contribution in [-0.2, 0) is 27.3 Å². The third kappa shape index (κ3) is 6.13. The second kappa shape index (κ2) is 7.79. The molecule has 1 rings (SSSR count). The molecule has 1 unspecified atom stereocenters. The van der Waals surface area contributed by atoms with Crippen LogP contribution in [0.15, 0.2) is 24.3 Å². The van der Waals surface area contributed by atoms with E-state index in [1.807, 2.05) is 31.2 Å². The SMILES string of the molecule is CCc1ccc(CC(NC(=O)OC(C)(C)C)C(=O)OO)cc1. The number of hydrogen-bond donors (Lipinski definition) is 2. The number of ether oxygens (including phenoxy) is 1. The molecule has 0 heterocycles. The molecule has 1 amide bonds. The van der Waals surface area contributed by atoms with E-state index in [1.165, 1.54) is 5.56 Å². The topological polar surface area (TPSA) is 84.9 Å². The fourth-order valence-corrected chi connectivity index (χ4v) is 1.85. The molecule has 0 aromatic heterocycles. The highest BCUT2D eigenvalue weighted by atomic mass is 17.1. The predicted octanol–water partition coefficient (Wildman–Crippen LogP) is 2.70. The molecule has 6 nitrogen and oxygen atoms in total. The molecule has 0 saturated carbocycles. The second-order valence-corrected chi connectivity index (χ2v) is 5.98. The van der Waals surface area contributed by atoms with Gasteiger partial charge in [0.1, 0.15) is 11.6 Å². The molecule has 0 bridgehead atoms. The lowest BCUT2D eigenvalue weighted by molar-refractivity contribution is -0.236. The van der Waals surface area contributed by atoms with Crippen molar-refractivity contribution in [3.8, 4) is 0 Å². The Hall–Kier alpha value is -2.08. The Balaban J connectivity index is 2.75. The molecule has 0 fully saturated rings. The first-order valence-corrected chi connectivity index (χ1v) is 7.17. The first-order chi connectivity index (χ1) is 10.2. The van der Waals surface area contributed by atoms with E-state index in [4.69, 9.17) is 9.99 Å². The van der Waals surface area contributed by atoms with E-state index >= 15 is 0 Å². The van der Waals surface area contributed by atoms with Crippen molar-refractivity contribution < 1.29 is 24.5 Å². The maximum atomic E-state index is 11.8. The minimum Gasteiger partial charge on any atom is -0.444 e. The summed E-state index contributed by atoms with van der Waals surface area (Å²) in [5.41, 5.74) is 1.33. The van der Waals surface area contributed by atoms with E-state index < -0.39 is 23.7 Å². The van der Waals surface area contributed by atoms with Crippen molar-refractivity contribution in [3.63, 3.8) is 0 Å². The average molecular weight is 309 g/mol. The van der Waals surface area contributed by atoms with Gasteiger partial charge in [-0.2, -0.15) is 5.26 Å². The molecule has 0 aliphatic heterocycles. The number of rotatable bonds is 5. The number of alkyl carbamates (subject to hydrolysis) is 1. The van der Waals surface area contributed by atoms with Gasteiger partial charge in [0.2, 0.25) is 0 Å². The molecule has 0 aliphatic carbocycles. The number of aryl methyl sites for hydroxylation is 1. The molecule has 0 aliphatic rings. The lowest BCUT2D eigenvalue weighted by atomic mass is 10.0. The van der Waals surface area contributed by atoms with Crippen molar-refractivity contribution in [1.82, 2.24) is 5.32 Å². The number of hydrogen-bond acceptors (Lipinski definition) is 5. The van der Waals surface area contributed by atoms with Gasteiger partial charge in [-0.25, -0.2) is 9.59 Å². The van der Waals surface area contributed by atoms with Gasteiger partial charge in [0.15, 0.2) is 0 Å². The average Bonchev–Trinajstić information content (AvgIpc) is 2.44. The molecule has 0 spiro atoms. The smallest absolute Gasteiger partial charge is 0.408 e. The summed E-state index contributed by atoms with van der Waals surface area (Å²) < 4.78 is 5.10. The summed E-state index contributed by atoms with van der Waals surface area (Å²) >= 11 is 0. The Morgan fingerprint density at radius 2 is 1.73 bits per heavy atom. The summed E-state index contributed by atoms with van der Waals surface area (Å²) in [4.78, 5) is 27.1. The van der Waals surface area contributed by atoms with Crippen LogP contribution in [0.1, 0.15) is 38.8 Å². The standard InChI is InChI=1S/C16H23NO5/c1-5-11-6-8-12(9-7-11)10-13(14(18)22-20)17-15(19)21-16(2,3)4/h6-9,13,20H,5,10H2,1-4H3,(H,17,19). The van der Waals surface area contributed by atoms with Gasteiger partial charge in [-0.15, -0.1) is 0 Å². The molecule has 2 N–H and O–H groups in total. The predicted molar refractivity (Wildman–Crippen MR) is 81.4 cm³/mol. The van der Waals surface area contributed by atoms with Gasteiger partial charge in [0, 0.05) is 6.42 Å². The molecule has 1 aromatic carbocycles. The normalized spacial score (nSPS) is 12.4. The van der Waals surface area contributed by atoms with Gasteiger partial charge >= 0.3 is 12.1 Å². The molecule has 122 valence electrons. The molecule has 22 heavy (non-hydrogen) atoms. The van der Waals surface area contributed by atoms with E-state index in [1.54, 1.807) is 20.8 Å². The Bertz CT molecular complexity index is 504. The summed E-state index contributed by atoms with van der Waals surface area (Å²) in [5, 5.41) is 11.0. The van der Waals surface area contributed by atoms with Crippen LogP contribution >= 0.6 is 0 Å². The van der Waals surface area contributed by atoms with E-state index in [9.17, 15) is 9.59 Å². The largest absolute Gasteiger partial charge is 0.444 e. The number of benzene rings is 1. The monoisotopic (exact) mass is 309 g/mol. The highest BCUT2D eigenvalue weighted by molar-refractivity contribution is 5.81. The van der Waals surface area contributed by atoms with E-state index in [0.29, 0.717) is 0 Å². The summed E-state index contributed by atoms with van der Waals surface area (Å²) in [5.74, 6) is -0.939. The zero-order valence-corrected chi connectivity index (χ0v) is 13.4. The molecule has 0 radical (unpaired) electrons. The maximum Gasteiger partial charge on any atom is 0.408 e. The number of nitrogens with one attached hydrogen (secondary N) is 1. The Kier molecular flexibility index (Phi) is 6.37. The molecule has 0 saturated heterocycles. The second-order valence-electron chi connectivity index (χ2n) is 5.98. The molecule has 6 heteroatoms. The summed E-state index contributed by atoms with van der Waals surface area (Å²) in [6, 6.07) is 6.61. The number of carbonyl (C=O) groups is 2. The van der Waals surface area contributed by atoms with E-state index in [-0.39, 0.29) is 6.42 Å². The minimum atomic E-state index is -1.02. The first kappa shape index (κ1) is 18.0. The van der Waals surface area contributed by atoms with Gasteiger partial charge in [0.25, 0.3) is 0 Å². The summed E-state index contributed by atoms with van der Waals surface area (Å²) in [6.07, 6.45) is 0.370.